The van der Waals surface area contributed by atoms with Gasteiger partial charge in [-0.3, -0.25) is 10.2 Å². The van der Waals surface area contributed by atoms with Crippen LogP contribution in [-0.2, 0) is 6.18 Å². The SMILES string of the molecule is CCN(NC(=O)c1cnc(C)nc1)C(=O)N[C@H](C)c1ccc(-c2cccc(F)c2C(F)(F)F)cc1F. The van der Waals surface area contributed by atoms with E-state index in [1.807, 2.05) is 0 Å². The van der Waals surface area contributed by atoms with Gasteiger partial charge < -0.3 is 5.32 Å². The maximum atomic E-state index is 14.9. The minimum absolute atomic E-state index is 0.0219. The lowest BCUT2D eigenvalue weighted by molar-refractivity contribution is -0.139. The number of halogens is 5. The summed E-state index contributed by atoms with van der Waals surface area (Å²) >= 11 is 0. The first-order valence-corrected chi connectivity index (χ1v) is 10.8. The van der Waals surface area contributed by atoms with Gasteiger partial charge in [0.15, 0.2) is 0 Å². The summed E-state index contributed by atoms with van der Waals surface area (Å²) < 4.78 is 68.8. The highest BCUT2D eigenvalue weighted by Crippen LogP contribution is 2.39. The van der Waals surface area contributed by atoms with E-state index in [1.54, 1.807) is 13.8 Å². The van der Waals surface area contributed by atoms with Gasteiger partial charge in [0.05, 0.1) is 17.2 Å². The van der Waals surface area contributed by atoms with Gasteiger partial charge in [-0.2, -0.15) is 13.2 Å². The van der Waals surface area contributed by atoms with Crippen molar-refractivity contribution in [3.05, 3.63) is 82.9 Å². The van der Waals surface area contributed by atoms with Gasteiger partial charge in [-0.15, -0.1) is 0 Å². The van der Waals surface area contributed by atoms with Crippen LogP contribution in [0.1, 0.15) is 47.2 Å². The van der Waals surface area contributed by atoms with Crippen molar-refractivity contribution < 1.29 is 31.5 Å². The van der Waals surface area contributed by atoms with Crippen LogP contribution in [0, 0.1) is 18.6 Å². The molecule has 0 bridgehead atoms. The number of amides is 3. The molecule has 190 valence electrons. The highest BCUT2D eigenvalue weighted by molar-refractivity contribution is 5.94. The number of rotatable bonds is 5. The average molecular weight is 507 g/mol. The van der Waals surface area contributed by atoms with Gasteiger partial charge >= 0.3 is 12.2 Å². The number of benzene rings is 2. The number of hydrogen-bond donors (Lipinski definition) is 2. The van der Waals surface area contributed by atoms with Gasteiger partial charge in [0.1, 0.15) is 17.5 Å². The maximum Gasteiger partial charge on any atom is 0.419 e. The Morgan fingerprint density at radius 2 is 1.72 bits per heavy atom. The molecule has 0 spiro atoms. The number of urea groups is 1. The van der Waals surface area contributed by atoms with E-state index in [0.717, 1.165) is 23.2 Å². The lowest BCUT2D eigenvalue weighted by Crippen LogP contribution is -2.51. The first-order chi connectivity index (χ1) is 16.9. The van der Waals surface area contributed by atoms with Crippen LogP contribution in [0.2, 0.25) is 0 Å². The van der Waals surface area contributed by atoms with Crippen molar-refractivity contribution in [2.75, 3.05) is 6.54 Å². The summed E-state index contributed by atoms with van der Waals surface area (Å²) in [6.07, 6.45) is -2.38. The molecule has 2 N–H and O–H groups in total. The number of alkyl halides is 3. The monoisotopic (exact) mass is 507 g/mol. The summed E-state index contributed by atoms with van der Waals surface area (Å²) in [5.41, 5.74) is 0.317. The van der Waals surface area contributed by atoms with Gasteiger partial charge in [0.25, 0.3) is 5.91 Å². The Morgan fingerprint density at radius 3 is 2.31 bits per heavy atom. The highest BCUT2D eigenvalue weighted by atomic mass is 19.4. The molecule has 12 heteroatoms. The zero-order valence-corrected chi connectivity index (χ0v) is 19.5. The molecular formula is C24H22F5N5O2. The Morgan fingerprint density at radius 1 is 1.06 bits per heavy atom. The number of aryl methyl sites for hydroxylation is 1. The largest absolute Gasteiger partial charge is 0.419 e. The zero-order chi connectivity index (χ0) is 26.6. The van der Waals surface area contributed by atoms with Gasteiger partial charge in [0, 0.05) is 24.5 Å². The fourth-order valence-electron chi connectivity index (χ4n) is 3.41. The summed E-state index contributed by atoms with van der Waals surface area (Å²) in [5.74, 6) is -2.54. The lowest BCUT2D eigenvalue weighted by Gasteiger charge is -2.25. The molecule has 0 unspecified atom stereocenters. The van der Waals surface area contributed by atoms with Gasteiger partial charge in [-0.1, -0.05) is 24.3 Å². The molecule has 3 aromatic rings. The summed E-state index contributed by atoms with van der Waals surface area (Å²) in [4.78, 5) is 32.8. The summed E-state index contributed by atoms with van der Waals surface area (Å²) in [7, 11) is 0. The fraction of sp³-hybridized carbons (Fsp3) is 0.250. The van der Waals surface area contributed by atoms with Crippen molar-refractivity contribution in [3.63, 3.8) is 0 Å². The topological polar surface area (TPSA) is 87.2 Å². The molecule has 0 saturated carbocycles. The van der Waals surface area contributed by atoms with Gasteiger partial charge in [-0.25, -0.2) is 28.6 Å². The standard InChI is InChI=1S/C24H22F5N5O2/c1-4-34(33-22(35)16-11-30-14(3)31-12-16)23(36)32-13(2)17-9-8-15(10-20(17)26)18-6-5-7-19(25)21(18)24(27,28)29/h5-13H,4H2,1-3H3,(H,32,36)(H,33,35)/t13-/m1/s1. The molecular weight excluding hydrogens is 485 g/mol. The normalized spacial score (nSPS) is 12.1. The molecule has 0 saturated heterocycles. The summed E-state index contributed by atoms with van der Waals surface area (Å²) in [6.45, 7) is 4.78. The highest BCUT2D eigenvalue weighted by Gasteiger charge is 2.37. The third-order valence-corrected chi connectivity index (χ3v) is 5.26. The third kappa shape index (κ3) is 5.93. The van der Waals surface area contributed by atoms with Crippen LogP contribution >= 0.6 is 0 Å². The second-order valence-electron chi connectivity index (χ2n) is 7.77. The van der Waals surface area contributed by atoms with E-state index >= 15 is 0 Å². The Kier molecular flexibility index (Phi) is 7.86. The van der Waals surface area contributed by atoms with E-state index in [2.05, 4.69) is 20.7 Å². The first-order valence-electron chi connectivity index (χ1n) is 10.8. The van der Waals surface area contributed by atoms with Crippen molar-refractivity contribution in [1.29, 1.82) is 0 Å². The molecule has 7 nitrogen and oxygen atoms in total. The number of carbonyl (C=O) groups is 2. The molecule has 1 aromatic heterocycles. The third-order valence-electron chi connectivity index (χ3n) is 5.26. The predicted molar refractivity (Wildman–Crippen MR) is 120 cm³/mol. The van der Waals surface area contributed by atoms with Crippen molar-refractivity contribution in [2.45, 2.75) is 33.0 Å². The Labute approximate surface area is 203 Å². The van der Waals surface area contributed by atoms with E-state index in [0.29, 0.717) is 11.9 Å². The number of aromatic nitrogens is 2. The fourth-order valence-corrected chi connectivity index (χ4v) is 3.41. The molecule has 0 radical (unpaired) electrons. The lowest BCUT2D eigenvalue weighted by atomic mass is 9.96. The number of hydrazine groups is 1. The van der Waals surface area contributed by atoms with Crippen LogP contribution in [0.5, 0.6) is 0 Å². The molecule has 1 atom stereocenters. The van der Waals surface area contributed by atoms with Crippen molar-refractivity contribution in [1.82, 2.24) is 25.7 Å². The molecule has 3 rings (SSSR count). The summed E-state index contributed by atoms with van der Waals surface area (Å²) in [5, 5.41) is 3.48. The Hall–Kier alpha value is -4.09. The minimum atomic E-state index is -4.98. The number of hydrogen-bond acceptors (Lipinski definition) is 4. The molecule has 0 aliphatic rings. The number of carbonyl (C=O) groups excluding carboxylic acids is 2. The predicted octanol–water partition coefficient (Wildman–Crippen LogP) is 5.19. The van der Waals surface area contributed by atoms with Crippen molar-refractivity contribution in [2.24, 2.45) is 0 Å². The van der Waals surface area contributed by atoms with E-state index in [9.17, 15) is 31.5 Å². The van der Waals surface area contributed by atoms with Crippen molar-refractivity contribution >= 4 is 11.9 Å². The van der Waals surface area contributed by atoms with Crippen molar-refractivity contribution in [3.8, 4) is 11.1 Å². The molecule has 1 heterocycles. The Balaban J connectivity index is 1.76. The van der Waals surface area contributed by atoms with Crippen LogP contribution in [0.4, 0.5) is 26.7 Å². The maximum absolute atomic E-state index is 14.9. The number of nitrogens with one attached hydrogen (secondary N) is 2. The molecule has 0 aliphatic heterocycles. The Bertz CT molecular complexity index is 1260. The van der Waals surface area contributed by atoms with Crippen LogP contribution in [0.25, 0.3) is 11.1 Å². The minimum Gasteiger partial charge on any atom is -0.330 e. The van der Waals surface area contributed by atoms with E-state index in [1.165, 1.54) is 31.5 Å². The van der Waals surface area contributed by atoms with E-state index in [4.69, 9.17) is 0 Å². The van der Waals surface area contributed by atoms with E-state index < -0.39 is 46.9 Å². The number of nitrogens with zero attached hydrogens (tertiary/aromatic N) is 3. The van der Waals surface area contributed by atoms with Gasteiger partial charge in [0.2, 0.25) is 0 Å². The average Bonchev–Trinajstić information content (AvgIpc) is 2.81. The molecule has 3 amide bonds. The van der Waals surface area contributed by atoms with E-state index in [-0.39, 0.29) is 23.2 Å². The van der Waals surface area contributed by atoms with Gasteiger partial charge in [-0.05, 0) is 44.0 Å². The quantitative estimate of drug-likeness (QED) is 0.368. The second-order valence-corrected chi connectivity index (χ2v) is 7.77. The van der Waals surface area contributed by atoms with Crippen LogP contribution in [-0.4, -0.2) is 33.5 Å². The zero-order valence-electron chi connectivity index (χ0n) is 19.5. The first kappa shape index (κ1) is 26.5. The van der Waals surface area contributed by atoms with Crippen LogP contribution < -0.4 is 10.7 Å². The van der Waals surface area contributed by atoms with Crippen LogP contribution in [0.3, 0.4) is 0 Å². The second kappa shape index (κ2) is 10.7. The molecule has 2 aromatic carbocycles. The van der Waals surface area contributed by atoms with Crippen LogP contribution in [0.15, 0.2) is 48.8 Å². The smallest absolute Gasteiger partial charge is 0.330 e. The summed E-state index contributed by atoms with van der Waals surface area (Å²) in [6, 6.07) is 4.42. The molecule has 0 aliphatic carbocycles. The molecule has 0 fully saturated rings. The molecule has 36 heavy (non-hydrogen) atoms.